The first kappa shape index (κ1) is 25.1. The van der Waals surface area contributed by atoms with E-state index in [-0.39, 0.29) is 50.3 Å². The van der Waals surface area contributed by atoms with Gasteiger partial charge in [-0.1, -0.05) is 36.4 Å². The van der Waals surface area contributed by atoms with Crippen LogP contribution in [0.2, 0.25) is 0 Å². The van der Waals surface area contributed by atoms with Crippen LogP contribution in [0.15, 0.2) is 54.6 Å². The number of benzene rings is 2. The van der Waals surface area contributed by atoms with Crippen molar-refractivity contribution >= 4 is 17.6 Å². The Hall–Kier alpha value is -3.01. The van der Waals surface area contributed by atoms with Gasteiger partial charge in [0.2, 0.25) is 5.91 Å². The molecule has 0 radical (unpaired) electrons. The van der Waals surface area contributed by atoms with Crippen LogP contribution in [0.5, 0.6) is 0 Å². The molecule has 8 nitrogen and oxygen atoms in total. The third kappa shape index (κ3) is 6.78. The smallest absolute Gasteiger partial charge is 0.322 e. The van der Waals surface area contributed by atoms with Gasteiger partial charge in [0.25, 0.3) is 0 Å². The lowest BCUT2D eigenvalue weighted by Crippen LogP contribution is -2.58. The number of nitrogens with zero attached hydrogens (tertiary/aromatic N) is 1. The van der Waals surface area contributed by atoms with Crippen molar-refractivity contribution in [2.24, 2.45) is 0 Å². The highest BCUT2D eigenvalue weighted by Crippen LogP contribution is 2.28. The Morgan fingerprint density at radius 2 is 1.94 bits per heavy atom. The highest BCUT2D eigenvalue weighted by molar-refractivity contribution is 5.89. The molecule has 0 saturated carbocycles. The number of anilines is 1. The third-order valence-electron chi connectivity index (χ3n) is 6.41. The zero-order valence-corrected chi connectivity index (χ0v) is 19.7. The van der Waals surface area contributed by atoms with Crippen LogP contribution >= 0.6 is 0 Å². The number of aliphatic hydroxyl groups excluding tert-OH is 1. The van der Waals surface area contributed by atoms with E-state index in [1.165, 1.54) is 23.1 Å². The number of fused-ring (bicyclic) bond motifs is 1. The molecule has 5 atom stereocenters. The summed E-state index contributed by atoms with van der Waals surface area (Å²) in [5, 5.41) is 16.0. The number of hydrogen-bond acceptors (Lipinski definition) is 5. The molecule has 9 heteroatoms. The number of nitrogens with one attached hydrogen (secondary N) is 2. The lowest BCUT2D eigenvalue weighted by molar-refractivity contribution is -0.150. The normalized spacial score (nSPS) is 25.5. The number of ether oxygens (including phenoxy) is 2. The van der Waals surface area contributed by atoms with Gasteiger partial charge in [-0.3, -0.25) is 4.79 Å². The number of carbonyl (C=O) groups excluding carboxylic acids is 2. The number of aliphatic hydroxyl groups is 1. The van der Waals surface area contributed by atoms with Crippen molar-refractivity contribution in [3.8, 4) is 0 Å². The Balaban J connectivity index is 1.38. The van der Waals surface area contributed by atoms with E-state index >= 15 is 0 Å². The molecule has 0 aliphatic carbocycles. The standard InChI is InChI=1S/C26H32FN3O5/c1-17(18-6-3-2-4-7-18)28-25(32)13-22-10-11-23-24(35-22)16-34-15-21(31)14-30(23)26(33)29-20-9-5-8-19(27)12-20/h2-9,12,17,21-24,31H,10-11,13-16H2,1H3,(H,28,32)(H,29,33)/t17-,21-,22+,23-,24+/m1/s1. The minimum atomic E-state index is -0.850. The van der Waals surface area contributed by atoms with Crippen molar-refractivity contribution in [1.82, 2.24) is 10.2 Å². The van der Waals surface area contributed by atoms with Gasteiger partial charge in [0.05, 0.1) is 50.5 Å². The first-order valence-corrected chi connectivity index (χ1v) is 12.0. The van der Waals surface area contributed by atoms with Gasteiger partial charge in [0.15, 0.2) is 0 Å². The van der Waals surface area contributed by atoms with E-state index in [1.54, 1.807) is 6.07 Å². The fraction of sp³-hybridized carbons (Fsp3) is 0.462. The summed E-state index contributed by atoms with van der Waals surface area (Å²) in [6.45, 7) is 2.26. The molecule has 0 aromatic heterocycles. The van der Waals surface area contributed by atoms with Crippen molar-refractivity contribution in [1.29, 1.82) is 0 Å². The second-order valence-electron chi connectivity index (χ2n) is 9.13. The van der Waals surface area contributed by atoms with E-state index in [0.717, 1.165) is 5.56 Å². The van der Waals surface area contributed by atoms with Gasteiger partial charge in [-0.2, -0.15) is 0 Å². The molecule has 0 bridgehead atoms. The monoisotopic (exact) mass is 485 g/mol. The summed E-state index contributed by atoms with van der Waals surface area (Å²) in [5.74, 6) is -0.557. The van der Waals surface area contributed by atoms with Crippen LogP contribution in [-0.4, -0.2) is 66.1 Å². The predicted octanol–water partition coefficient (Wildman–Crippen LogP) is 3.23. The minimum absolute atomic E-state index is 0.0609. The fourth-order valence-electron chi connectivity index (χ4n) is 4.67. The Bertz CT molecular complexity index is 1010. The van der Waals surface area contributed by atoms with E-state index in [4.69, 9.17) is 9.47 Å². The molecular formula is C26H32FN3O5. The summed E-state index contributed by atoms with van der Waals surface area (Å²) in [6.07, 6.45) is -0.229. The average Bonchev–Trinajstić information content (AvgIpc) is 2.82. The number of hydrogen-bond donors (Lipinski definition) is 3. The highest BCUT2D eigenvalue weighted by atomic mass is 19.1. The van der Waals surface area contributed by atoms with Crippen molar-refractivity contribution in [3.05, 3.63) is 66.0 Å². The van der Waals surface area contributed by atoms with Crippen LogP contribution in [0.25, 0.3) is 0 Å². The molecule has 0 unspecified atom stereocenters. The summed E-state index contributed by atoms with van der Waals surface area (Å²) in [4.78, 5) is 27.3. The third-order valence-corrected chi connectivity index (χ3v) is 6.41. The van der Waals surface area contributed by atoms with Crippen molar-refractivity contribution in [3.63, 3.8) is 0 Å². The summed E-state index contributed by atoms with van der Waals surface area (Å²) < 4.78 is 25.4. The van der Waals surface area contributed by atoms with Gasteiger partial charge in [-0.05, 0) is 43.5 Å². The first-order chi connectivity index (χ1) is 16.9. The SMILES string of the molecule is C[C@@H](NC(=O)C[C@@H]1CC[C@@H]2[C@H](COC[C@H](O)CN2C(=O)Nc2cccc(F)c2)O1)c1ccccc1. The Morgan fingerprint density at radius 1 is 1.14 bits per heavy atom. The van der Waals surface area contributed by atoms with Crippen LogP contribution in [0.1, 0.15) is 37.8 Å². The molecule has 188 valence electrons. The lowest BCUT2D eigenvalue weighted by atomic mass is 9.94. The average molecular weight is 486 g/mol. The van der Waals surface area contributed by atoms with Gasteiger partial charge in [0.1, 0.15) is 11.9 Å². The molecular weight excluding hydrogens is 453 g/mol. The van der Waals surface area contributed by atoms with Crippen molar-refractivity contribution in [2.45, 2.75) is 56.6 Å². The number of urea groups is 1. The molecule has 2 aromatic rings. The summed E-state index contributed by atoms with van der Waals surface area (Å²) in [7, 11) is 0. The summed E-state index contributed by atoms with van der Waals surface area (Å²) in [5.41, 5.74) is 1.36. The predicted molar refractivity (Wildman–Crippen MR) is 128 cm³/mol. The van der Waals surface area contributed by atoms with E-state index < -0.39 is 24.1 Å². The fourth-order valence-corrected chi connectivity index (χ4v) is 4.67. The zero-order valence-electron chi connectivity index (χ0n) is 19.7. The molecule has 2 aliphatic rings. The molecule has 3 N–H and O–H groups in total. The number of halogens is 1. The first-order valence-electron chi connectivity index (χ1n) is 12.0. The summed E-state index contributed by atoms with van der Waals surface area (Å²) >= 11 is 0. The van der Waals surface area contributed by atoms with E-state index in [9.17, 15) is 19.1 Å². The molecule has 2 fully saturated rings. The Kier molecular flexibility index (Phi) is 8.33. The van der Waals surface area contributed by atoms with Crippen LogP contribution in [-0.2, 0) is 14.3 Å². The molecule has 35 heavy (non-hydrogen) atoms. The van der Waals surface area contributed by atoms with E-state index in [0.29, 0.717) is 18.5 Å². The van der Waals surface area contributed by atoms with Gasteiger partial charge in [-0.15, -0.1) is 0 Å². The second kappa shape index (κ2) is 11.6. The quantitative estimate of drug-likeness (QED) is 0.604. The highest BCUT2D eigenvalue weighted by Gasteiger charge is 2.40. The Labute approximate surface area is 204 Å². The van der Waals surface area contributed by atoms with Crippen LogP contribution in [0.4, 0.5) is 14.9 Å². The lowest BCUT2D eigenvalue weighted by Gasteiger charge is -2.44. The number of rotatable bonds is 5. The molecule has 2 aliphatic heterocycles. The number of amides is 3. The summed E-state index contributed by atoms with van der Waals surface area (Å²) in [6, 6.07) is 14.5. The number of carbonyl (C=O) groups is 2. The van der Waals surface area contributed by atoms with Gasteiger partial charge in [-0.25, -0.2) is 9.18 Å². The molecule has 4 rings (SSSR count). The zero-order chi connectivity index (χ0) is 24.8. The molecule has 2 heterocycles. The van der Waals surface area contributed by atoms with Gasteiger partial charge < -0.3 is 30.1 Å². The van der Waals surface area contributed by atoms with Gasteiger partial charge >= 0.3 is 6.03 Å². The second-order valence-corrected chi connectivity index (χ2v) is 9.13. The molecule has 0 spiro atoms. The minimum Gasteiger partial charge on any atom is -0.389 e. The number of β-amino-alcohol motifs (C(OH)–C–C–N with tert-alkyl or cyclic N) is 1. The maximum Gasteiger partial charge on any atom is 0.322 e. The molecule has 2 aromatic carbocycles. The van der Waals surface area contributed by atoms with E-state index in [1.807, 2.05) is 37.3 Å². The van der Waals surface area contributed by atoms with Crippen molar-refractivity contribution < 1.29 is 28.6 Å². The van der Waals surface area contributed by atoms with Crippen LogP contribution in [0, 0.1) is 5.82 Å². The maximum absolute atomic E-state index is 13.6. The van der Waals surface area contributed by atoms with E-state index in [2.05, 4.69) is 10.6 Å². The van der Waals surface area contributed by atoms with Crippen LogP contribution < -0.4 is 10.6 Å². The Morgan fingerprint density at radius 3 is 2.71 bits per heavy atom. The van der Waals surface area contributed by atoms with Crippen molar-refractivity contribution in [2.75, 3.05) is 25.1 Å². The molecule has 2 saturated heterocycles. The van der Waals surface area contributed by atoms with Gasteiger partial charge in [0, 0.05) is 5.69 Å². The largest absolute Gasteiger partial charge is 0.389 e. The maximum atomic E-state index is 13.6. The van der Waals surface area contributed by atoms with Crippen LogP contribution in [0.3, 0.4) is 0 Å². The topological polar surface area (TPSA) is 100 Å². The molecule has 3 amide bonds.